The molecule has 0 atom stereocenters. The minimum Gasteiger partial charge on any atom is -0.494 e. The van der Waals surface area contributed by atoms with Crippen molar-refractivity contribution in [1.29, 1.82) is 0 Å². The first kappa shape index (κ1) is 18.0. The molecule has 1 N–H and O–H groups in total. The van der Waals surface area contributed by atoms with Gasteiger partial charge in [0, 0.05) is 5.54 Å². The van der Waals surface area contributed by atoms with Crippen LogP contribution >= 0.6 is 0 Å². The standard InChI is InChI=1S/C19H26N2O3/c1-18(2,3)14-9-7-13(8-10-14)12-20-15(22)11-16(23)21(17(20)24)19(4,5)6/h7-11,22H,12H2,1-6H3. The van der Waals surface area contributed by atoms with Crippen LogP contribution < -0.4 is 11.2 Å². The van der Waals surface area contributed by atoms with Crippen molar-refractivity contribution in [3.8, 4) is 5.88 Å². The second-order valence-corrected chi connectivity index (χ2v) is 8.16. The van der Waals surface area contributed by atoms with Gasteiger partial charge in [0.05, 0.1) is 12.6 Å². The van der Waals surface area contributed by atoms with E-state index >= 15 is 0 Å². The van der Waals surface area contributed by atoms with Gasteiger partial charge in [-0.1, -0.05) is 45.0 Å². The maximum atomic E-state index is 12.7. The normalized spacial score (nSPS) is 12.4. The molecule has 0 saturated heterocycles. The molecular weight excluding hydrogens is 304 g/mol. The molecule has 0 fully saturated rings. The zero-order chi connectivity index (χ0) is 18.3. The molecule has 2 aromatic rings. The Kier molecular flexibility index (Phi) is 4.48. The lowest BCUT2D eigenvalue weighted by atomic mass is 9.87. The van der Waals surface area contributed by atoms with E-state index < -0.39 is 16.8 Å². The third kappa shape index (κ3) is 3.61. The zero-order valence-electron chi connectivity index (χ0n) is 15.3. The highest BCUT2D eigenvalue weighted by Gasteiger charge is 2.21. The second-order valence-electron chi connectivity index (χ2n) is 8.16. The number of benzene rings is 1. The molecule has 0 aliphatic heterocycles. The fourth-order valence-corrected chi connectivity index (χ4v) is 2.62. The summed E-state index contributed by atoms with van der Waals surface area (Å²) >= 11 is 0. The molecule has 5 heteroatoms. The second kappa shape index (κ2) is 5.96. The van der Waals surface area contributed by atoms with E-state index in [-0.39, 0.29) is 17.8 Å². The molecule has 130 valence electrons. The van der Waals surface area contributed by atoms with Crippen LogP contribution in [0.1, 0.15) is 52.7 Å². The molecule has 1 aromatic heterocycles. The predicted octanol–water partition coefficient (Wildman–Crippen LogP) is 2.82. The summed E-state index contributed by atoms with van der Waals surface area (Å²) < 4.78 is 2.38. The molecule has 2 rings (SSSR count). The number of nitrogens with zero attached hydrogens (tertiary/aromatic N) is 2. The fourth-order valence-electron chi connectivity index (χ4n) is 2.62. The summed E-state index contributed by atoms with van der Waals surface area (Å²) in [7, 11) is 0. The molecule has 0 saturated carbocycles. The van der Waals surface area contributed by atoms with Crippen molar-refractivity contribution in [2.45, 2.75) is 59.0 Å². The Morgan fingerprint density at radius 2 is 1.50 bits per heavy atom. The lowest BCUT2D eigenvalue weighted by molar-refractivity contribution is 0.333. The first-order chi connectivity index (χ1) is 10.9. The van der Waals surface area contributed by atoms with E-state index in [0.717, 1.165) is 16.2 Å². The van der Waals surface area contributed by atoms with Gasteiger partial charge in [-0.05, 0) is 37.3 Å². The summed E-state index contributed by atoms with van der Waals surface area (Å²) in [5, 5.41) is 10.1. The van der Waals surface area contributed by atoms with Gasteiger partial charge in [-0.3, -0.25) is 13.9 Å². The molecular formula is C19H26N2O3. The van der Waals surface area contributed by atoms with Crippen molar-refractivity contribution in [3.63, 3.8) is 0 Å². The molecule has 1 heterocycles. The van der Waals surface area contributed by atoms with E-state index in [9.17, 15) is 14.7 Å². The number of aromatic nitrogens is 2. The first-order valence-electron chi connectivity index (χ1n) is 8.07. The molecule has 5 nitrogen and oxygen atoms in total. The molecule has 0 radical (unpaired) electrons. The van der Waals surface area contributed by atoms with Crippen LogP contribution in [0.15, 0.2) is 39.9 Å². The molecule has 0 amide bonds. The van der Waals surface area contributed by atoms with Gasteiger partial charge in [0.15, 0.2) is 0 Å². The molecule has 1 aromatic carbocycles. The number of aromatic hydroxyl groups is 1. The maximum Gasteiger partial charge on any atom is 0.334 e. The van der Waals surface area contributed by atoms with Crippen LogP contribution in [0.4, 0.5) is 0 Å². The average Bonchev–Trinajstić information content (AvgIpc) is 2.41. The van der Waals surface area contributed by atoms with Crippen LogP contribution in [-0.2, 0) is 17.5 Å². The van der Waals surface area contributed by atoms with E-state index in [1.54, 1.807) is 20.8 Å². The summed E-state index contributed by atoms with van der Waals surface area (Å²) in [6.45, 7) is 12.0. The van der Waals surface area contributed by atoms with Crippen molar-refractivity contribution in [2.24, 2.45) is 0 Å². The van der Waals surface area contributed by atoms with Gasteiger partial charge in [-0.2, -0.15) is 0 Å². The SMILES string of the molecule is CC(C)(C)c1ccc(Cn2c(O)cc(=O)n(C(C)(C)C)c2=O)cc1. The van der Waals surface area contributed by atoms with Gasteiger partial charge in [0.25, 0.3) is 5.56 Å². The Morgan fingerprint density at radius 3 is 1.96 bits per heavy atom. The van der Waals surface area contributed by atoms with Crippen LogP contribution in [0.2, 0.25) is 0 Å². The summed E-state index contributed by atoms with van der Waals surface area (Å²) in [6, 6.07) is 9.03. The van der Waals surface area contributed by atoms with E-state index in [2.05, 4.69) is 20.8 Å². The fraction of sp³-hybridized carbons (Fsp3) is 0.474. The molecule has 0 bridgehead atoms. The quantitative estimate of drug-likeness (QED) is 0.921. The summed E-state index contributed by atoms with van der Waals surface area (Å²) in [4.78, 5) is 24.7. The van der Waals surface area contributed by atoms with Gasteiger partial charge in [-0.15, -0.1) is 0 Å². The topological polar surface area (TPSA) is 64.2 Å². The van der Waals surface area contributed by atoms with Crippen LogP contribution in [0, 0.1) is 0 Å². The van der Waals surface area contributed by atoms with Crippen LogP contribution in [0.25, 0.3) is 0 Å². The van der Waals surface area contributed by atoms with Gasteiger partial charge >= 0.3 is 5.69 Å². The summed E-state index contributed by atoms with van der Waals surface area (Å²) in [6.07, 6.45) is 0. The summed E-state index contributed by atoms with van der Waals surface area (Å²) in [5.41, 5.74) is 0.482. The third-order valence-electron chi connectivity index (χ3n) is 4.00. The molecule has 0 unspecified atom stereocenters. The number of rotatable bonds is 2. The van der Waals surface area contributed by atoms with Crippen molar-refractivity contribution in [3.05, 3.63) is 62.3 Å². The zero-order valence-corrected chi connectivity index (χ0v) is 15.3. The Hall–Kier alpha value is -2.30. The van der Waals surface area contributed by atoms with Gasteiger partial charge < -0.3 is 5.11 Å². The molecule has 0 spiro atoms. The van der Waals surface area contributed by atoms with Gasteiger partial charge in [0.1, 0.15) is 0 Å². The van der Waals surface area contributed by atoms with Crippen LogP contribution in [0.3, 0.4) is 0 Å². The van der Waals surface area contributed by atoms with Crippen molar-refractivity contribution in [2.75, 3.05) is 0 Å². The average molecular weight is 330 g/mol. The molecule has 24 heavy (non-hydrogen) atoms. The van der Waals surface area contributed by atoms with Crippen LogP contribution in [-0.4, -0.2) is 14.2 Å². The Balaban J connectivity index is 2.48. The first-order valence-corrected chi connectivity index (χ1v) is 8.07. The largest absolute Gasteiger partial charge is 0.494 e. The summed E-state index contributed by atoms with van der Waals surface area (Å²) in [5.74, 6) is -0.314. The molecule has 0 aliphatic carbocycles. The van der Waals surface area contributed by atoms with Crippen molar-refractivity contribution < 1.29 is 5.11 Å². The van der Waals surface area contributed by atoms with E-state index in [1.165, 1.54) is 10.1 Å². The Bertz CT molecular complexity index is 845. The highest BCUT2D eigenvalue weighted by molar-refractivity contribution is 5.28. The van der Waals surface area contributed by atoms with E-state index in [1.807, 2.05) is 24.3 Å². The van der Waals surface area contributed by atoms with Gasteiger partial charge in [-0.25, -0.2) is 4.79 Å². The van der Waals surface area contributed by atoms with Gasteiger partial charge in [0.2, 0.25) is 5.88 Å². The highest BCUT2D eigenvalue weighted by Crippen LogP contribution is 2.22. The monoisotopic (exact) mass is 330 g/mol. The lowest BCUT2D eigenvalue weighted by Crippen LogP contribution is -2.47. The molecule has 0 aliphatic rings. The van der Waals surface area contributed by atoms with E-state index in [0.29, 0.717) is 0 Å². The van der Waals surface area contributed by atoms with Crippen LogP contribution in [0.5, 0.6) is 5.88 Å². The van der Waals surface area contributed by atoms with Crippen molar-refractivity contribution in [1.82, 2.24) is 9.13 Å². The van der Waals surface area contributed by atoms with Crippen molar-refractivity contribution >= 4 is 0 Å². The number of hydrogen-bond acceptors (Lipinski definition) is 3. The Morgan fingerprint density at radius 1 is 0.958 bits per heavy atom. The minimum absolute atomic E-state index is 0.0525. The third-order valence-corrected chi connectivity index (χ3v) is 4.00. The smallest absolute Gasteiger partial charge is 0.334 e. The predicted molar refractivity (Wildman–Crippen MR) is 95.9 cm³/mol. The minimum atomic E-state index is -0.653. The Labute approximate surface area is 142 Å². The highest BCUT2D eigenvalue weighted by atomic mass is 16.3. The maximum absolute atomic E-state index is 12.7. The number of hydrogen-bond donors (Lipinski definition) is 1. The lowest BCUT2D eigenvalue weighted by Gasteiger charge is -2.23. The van der Waals surface area contributed by atoms with E-state index in [4.69, 9.17) is 0 Å².